The largest absolute Gasteiger partial charge is 1.00 e. The molecule has 0 radical (unpaired) electrons. The van der Waals surface area contributed by atoms with Crippen LogP contribution in [0.4, 0.5) is 5.69 Å². The van der Waals surface area contributed by atoms with Gasteiger partial charge in [-0.15, -0.1) is 0 Å². The number of benzene rings is 2. The number of aromatic nitrogens is 1. The molecule has 0 atom stereocenters. The van der Waals surface area contributed by atoms with Gasteiger partial charge in [0, 0.05) is 23.6 Å². The molecule has 2 heterocycles. The number of carboxylic acid groups (broad SMARTS) is 1. The molecule has 1 aliphatic heterocycles. The molecule has 0 saturated heterocycles. The third-order valence-corrected chi connectivity index (χ3v) is 8.55. The van der Waals surface area contributed by atoms with Crippen molar-refractivity contribution in [1.29, 1.82) is 0 Å². The average Bonchev–Trinajstić information content (AvgIpc) is 3.55. The van der Waals surface area contributed by atoms with Gasteiger partial charge in [0.15, 0.2) is 6.54 Å². The van der Waals surface area contributed by atoms with Gasteiger partial charge in [0.05, 0.1) is 63.4 Å². The number of nitrogens with zero attached hydrogens (tertiary/aromatic N) is 2. The van der Waals surface area contributed by atoms with Crippen LogP contribution in [-0.2, 0) is 39.8 Å². The fourth-order valence-electron chi connectivity index (χ4n) is 4.30. The van der Waals surface area contributed by atoms with Crippen LogP contribution in [-0.4, -0.2) is 83.6 Å². The fraction of sp³-hybridized carbons (Fsp3) is 0.387. The minimum absolute atomic E-state index is 0. The second kappa shape index (κ2) is 20.1. The van der Waals surface area contributed by atoms with E-state index in [0.717, 1.165) is 15.6 Å². The Labute approximate surface area is 271 Å². The molecule has 0 aliphatic carbocycles. The van der Waals surface area contributed by atoms with Crippen LogP contribution in [0.5, 0.6) is 0 Å². The average molecular weight is 665 g/mol. The molecule has 1 N–H and O–H groups in total. The Morgan fingerprint density at radius 2 is 1.55 bits per heavy atom. The number of allylic oxidation sites excluding steroid dienone is 2. The summed E-state index contributed by atoms with van der Waals surface area (Å²) in [5.74, 6) is -0.867. The molecule has 0 saturated carbocycles. The summed E-state index contributed by atoms with van der Waals surface area (Å²) in [4.78, 5) is 24.2. The van der Waals surface area contributed by atoms with Gasteiger partial charge in [-0.1, -0.05) is 53.4 Å². The second-order valence-corrected chi connectivity index (χ2v) is 11.3. The molecule has 1 aromatic heterocycles. The normalized spacial score (nSPS) is 13.5. The van der Waals surface area contributed by atoms with Crippen LogP contribution in [0.2, 0.25) is 0 Å². The summed E-state index contributed by atoms with van der Waals surface area (Å²) in [6.07, 6.45) is 6.36. The van der Waals surface area contributed by atoms with E-state index in [1.54, 1.807) is 23.1 Å². The third kappa shape index (κ3) is 11.2. The van der Waals surface area contributed by atoms with Crippen LogP contribution >= 0.6 is 23.1 Å². The molecule has 0 amide bonds. The summed E-state index contributed by atoms with van der Waals surface area (Å²) in [5.41, 5.74) is 2.32. The lowest BCUT2D eigenvalue weighted by molar-refractivity contribution is -0.670. The van der Waals surface area contributed by atoms with E-state index < -0.39 is 5.97 Å². The number of fused-ring (bicyclic) bond motifs is 2. The molecule has 13 heteroatoms. The topological polar surface area (TPSA) is 108 Å². The van der Waals surface area contributed by atoms with Crippen molar-refractivity contribution in [2.45, 2.75) is 17.9 Å². The van der Waals surface area contributed by atoms with Crippen molar-refractivity contribution >= 4 is 57.5 Å². The van der Waals surface area contributed by atoms with Gasteiger partial charge < -0.3 is 46.1 Å². The van der Waals surface area contributed by atoms with Crippen molar-refractivity contribution in [2.24, 2.45) is 0 Å². The number of hydrogen-bond acceptors (Lipinski definition) is 10. The van der Waals surface area contributed by atoms with Gasteiger partial charge in [0.1, 0.15) is 17.9 Å². The number of halogens is 1. The van der Waals surface area contributed by atoms with Gasteiger partial charge in [-0.05, 0) is 24.3 Å². The Morgan fingerprint density at radius 3 is 2.34 bits per heavy atom. The molecule has 4 rings (SSSR count). The lowest BCUT2D eigenvalue weighted by Gasteiger charge is -2.20. The van der Waals surface area contributed by atoms with Crippen LogP contribution in [0.1, 0.15) is 11.4 Å². The van der Waals surface area contributed by atoms with Crippen LogP contribution in [0.15, 0.2) is 70.6 Å². The van der Waals surface area contributed by atoms with Crippen molar-refractivity contribution in [3.05, 3.63) is 70.7 Å². The third-order valence-electron chi connectivity index (χ3n) is 6.29. The predicted octanol–water partition coefficient (Wildman–Crippen LogP) is 1.37. The Bertz CT molecular complexity index is 1380. The number of carboxylic acids is 1. The maximum absolute atomic E-state index is 10.6. The summed E-state index contributed by atoms with van der Waals surface area (Å²) in [6, 6.07) is 16.7. The maximum Gasteiger partial charge on any atom is 0.305 e. The molecular formula is C31H37ClN2O8S2. The highest BCUT2D eigenvalue weighted by atomic mass is 35.5. The molecular weight excluding hydrogens is 628 g/mol. The molecule has 0 unspecified atom stereocenters. The van der Waals surface area contributed by atoms with E-state index in [1.807, 2.05) is 18.2 Å². The van der Waals surface area contributed by atoms with Crippen LogP contribution in [0.3, 0.4) is 0 Å². The van der Waals surface area contributed by atoms with E-state index >= 15 is 0 Å². The highest BCUT2D eigenvalue weighted by Gasteiger charge is 2.24. The highest BCUT2D eigenvalue weighted by Crippen LogP contribution is 2.45. The SMILES string of the molecule is O=COCCOCCOCCN1C(=CC=Cc2sc3ccccc3[n+]2CCOCCOCCC(=O)O)Sc2ccccc21.[Cl-]. The number of carbonyl (C=O) groups excluding carboxylic acids is 1. The number of anilines is 1. The molecule has 1 aliphatic rings. The monoisotopic (exact) mass is 664 g/mol. The summed E-state index contributed by atoms with van der Waals surface area (Å²) in [5, 5.41) is 10.9. The van der Waals surface area contributed by atoms with Gasteiger partial charge >= 0.3 is 5.97 Å². The van der Waals surface area contributed by atoms with Crippen LogP contribution < -0.4 is 21.9 Å². The Hall–Kier alpha value is -2.97. The van der Waals surface area contributed by atoms with Crippen molar-refractivity contribution in [3.8, 4) is 0 Å². The first-order valence-corrected chi connectivity index (χ1v) is 15.7. The van der Waals surface area contributed by atoms with Gasteiger partial charge in [0.2, 0.25) is 5.52 Å². The standard InChI is InChI=1S/C31H36N2O8S2.ClH/c34-24-41-23-22-40-21-20-39-17-14-33-26-7-2-4-9-28(26)43-30(33)11-5-10-29-32(25-6-1-3-8-27(25)42-29)13-16-38-19-18-37-15-12-31(35)36;/h1-11,24H,12-23H2;1H. The van der Waals surface area contributed by atoms with Crippen molar-refractivity contribution in [3.63, 3.8) is 0 Å². The number of thioether (sulfide) groups is 1. The van der Waals surface area contributed by atoms with E-state index in [9.17, 15) is 9.59 Å². The Morgan fingerprint density at radius 1 is 0.864 bits per heavy atom. The zero-order valence-corrected chi connectivity index (χ0v) is 26.7. The molecule has 238 valence electrons. The summed E-state index contributed by atoms with van der Waals surface area (Å²) in [7, 11) is 0. The first-order chi connectivity index (χ1) is 21.2. The van der Waals surface area contributed by atoms with Gasteiger partial charge in [-0.3, -0.25) is 9.59 Å². The number of aliphatic carboxylic acids is 1. The van der Waals surface area contributed by atoms with Crippen molar-refractivity contribution in [2.75, 3.05) is 70.9 Å². The maximum atomic E-state index is 10.6. The predicted molar refractivity (Wildman–Crippen MR) is 166 cm³/mol. The zero-order valence-electron chi connectivity index (χ0n) is 24.3. The molecule has 0 bridgehead atoms. The van der Waals surface area contributed by atoms with Crippen molar-refractivity contribution in [1.82, 2.24) is 0 Å². The quantitative estimate of drug-likeness (QED) is 0.102. The summed E-state index contributed by atoms with van der Waals surface area (Å²) in [6.45, 7) is 5.37. The number of rotatable bonds is 21. The van der Waals surface area contributed by atoms with Gasteiger partial charge in [0.25, 0.3) is 11.5 Å². The number of para-hydroxylation sites is 2. The van der Waals surface area contributed by atoms with E-state index in [1.165, 1.54) is 15.3 Å². The van der Waals surface area contributed by atoms with E-state index in [-0.39, 0.29) is 32.0 Å². The number of thiazole rings is 1. The first kappa shape index (κ1) is 35.5. The van der Waals surface area contributed by atoms with E-state index in [2.05, 4.69) is 62.8 Å². The summed E-state index contributed by atoms with van der Waals surface area (Å²) < 4.78 is 30.3. The number of ether oxygens (including phenoxy) is 5. The van der Waals surface area contributed by atoms with E-state index in [0.29, 0.717) is 65.8 Å². The molecule has 10 nitrogen and oxygen atoms in total. The molecule has 44 heavy (non-hydrogen) atoms. The fourth-order valence-corrected chi connectivity index (χ4v) is 6.50. The summed E-state index contributed by atoms with van der Waals surface area (Å²) >= 11 is 3.47. The van der Waals surface area contributed by atoms with E-state index in [4.69, 9.17) is 24.1 Å². The lowest BCUT2D eigenvalue weighted by atomic mass is 10.3. The lowest BCUT2D eigenvalue weighted by Crippen LogP contribution is -3.00. The van der Waals surface area contributed by atoms with Gasteiger partial charge in [-0.2, -0.15) is 4.57 Å². The minimum Gasteiger partial charge on any atom is -1.00 e. The number of carbonyl (C=O) groups is 2. The minimum atomic E-state index is -0.867. The first-order valence-electron chi connectivity index (χ1n) is 14.1. The highest BCUT2D eigenvalue weighted by molar-refractivity contribution is 8.03. The molecule has 2 aromatic carbocycles. The Balaban J connectivity index is 0.00000529. The second-order valence-electron chi connectivity index (χ2n) is 9.21. The number of hydrogen-bond donors (Lipinski definition) is 1. The molecule has 0 fully saturated rings. The van der Waals surface area contributed by atoms with Crippen LogP contribution in [0, 0.1) is 0 Å². The zero-order chi connectivity index (χ0) is 30.1. The Kier molecular flexibility index (Phi) is 16.3. The van der Waals surface area contributed by atoms with Gasteiger partial charge in [-0.25, -0.2) is 0 Å². The molecule has 0 spiro atoms. The molecule has 3 aromatic rings. The smallest absolute Gasteiger partial charge is 0.305 e. The van der Waals surface area contributed by atoms with Crippen molar-refractivity contribution < 1.29 is 55.4 Å². The van der Waals surface area contributed by atoms with Crippen LogP contribution in [0.25, 0.3) is 16.3 Å².